The Kier molecular flexibility index (Phi) is 9.22. The molecule has 0 saturated carbocycles. The Balaban J connectivity index is 1.86. The minimum Gasteiger partial charge on any atom is -0.480 e. The molecular weight excluding hydrogens is 587 g/mol. The molecule has 1 aromatic carbocycles. The maximum Gasteiger partial charge on any atom is 0.573 e. The lowest BCUT2D eigenvalue weighted by Crippen LogP contribution is -2.49. The number of nitrogen functional groups attached to an aromatic ring is 1. The van der Waals surface area contributed by atoms with Gasteiger partial charge in [0.1, 0.15) is 35.5 Å². The third kappa shape index (κ3) is 8.51. The maximum absolute atomic E-state index is 14.1. The zero-order valence-corrected chi connectivity index (χ0v) is 22.6. The molecule has 0 amide bonds. The fourth-order valence-corrected chi connectivity index (χ4v) is 5.98. The lowest BCUT2D eigenvalue weighted by Gasteiger charge is -2.33. The maximum atomic E-state index is 14.1. The summed E-state index contributed by atoms with van der Waals surface area (Å²) in [6.45, 7) is 3.73. The van der Waals surface area contributed by atoms with Crippen LogP contribution in [0.15, 0.2) is 36.9 Å². The summed E-state index contributed by atoms with van der Waals surface area (Å²) in [6.07, 6.45) is -9.31. The lowest BCUT2D eigenvalue weighted by atomic mass is 10.1. The number of aliphatic carboxylic acids is 1. The molecule has 0 aliphatic heterocycles. The Morgan fingerprint density at radius 1 is 1.12 bits per heavy atom. The van der Waals surface area contributed by atoms with E-state index in [2.05, 4.69) is 24.8 Å². The number of halogens is 6. The molecule has 3 atom stereocenters. The molecule has 12 nitrogen and oxygen atoms in total. The summed E-state index contributed by atoms with van der Waals surface area (Å²) in [4.78, 5) is 23.7. The number of carboxylic acid groups (broad SMARTS) is 1. The van der Waals surface area contributed by atoms with Crippen LogP contribution in [0.4, 0.5) is 32.2 Å². The Morgan fingerprint density at radius 3 is 2.32 bits per heavy atom. The number of ether oxygens (including phenoxy) is 2. The number of anilines is 1. The topological polar surface area (TPSA) is 167 Å². The van der Waals surface area contributed by atoms with Gasteiger partial charge in [-0.15, -0.1) is 13.2 Å². The zero-order valence-electron chi connectivity index (χ0n) is 21.7. The van der Waals surface area contributed by atoms with E-state index in [1.807, 2.05) is 5.09 Å². The van der Waals surface area contributed by atoms with Crippen LogP contribution < -0.4 is 20.6 Å². The van der Waals surface area contributed by atoms with E-state index in [4.69, 9.17) is 10.5 Å². The Bertz CT molecular complexity index is 1410. The van der Waals surface area contributed by atoms with E-state index in [0.29, 0.717) is 35.4 Å². The second-order valence-electron chi connectivity index (χ2n) is 9.44. The molecule has 2 heterocycles. The van der Waals surface area contributed by atoms with Gasteiger partial charge in [-0.25, -0.2) is 25.1 Å². The van der Waals surface area contributed by atoms with Gasteiger partial charge in [-0.2, -0.15) is 13.2 Å². The summed E-state index contributed by atoms with van der Waals surface area (Å²) in [6, 6.07) is 0.0435. The van der Waals surface area contributed by atoms with Crippen molar-refractivity contribution in [3.8, 4) is 5.75 Å². The number of hydrogen-bond acceptors (Lipinski definition) is 8. The van der Waals surface area contributed by atoms with Gasteiger partial charge in [-0.3, -0.25) is 9.36 Å². The van der Waals surface area contributed by atoms with Crippen molar-refractivity contribution in [1.29, 1.82) is 0 Å². The molecule has 0 spiro atoms. The third-order valence-corrected chi connectivity index (χ3v) is 7.64. The number of aromatic nitrogens is 4. The van der Waals surface area contributed by atoms with Gasteiger partial charge in [0, 0.05) is 0 Å². The smallest absolute Gasteiger partial charge is 0.480 e. The number of carboxylic acids is 1. The van der Waals surface area contributed by atoms with Crippen LogP contribution in [0.1, 0.15) is 32.4 Å². The first kappa shape index (κ1) is 32.0. The molecule has 3 aromatic rings. The van der Waals surface area contributed by atoms with Gasteiger partial charge in [0.25, 0.3) is 0 Å². The molecule has 0 aliphatic rings. The van der Waals surface area contributed by atoms with Gasteiger partial charge in [0.2, 0.25) is 7.44 Å². The molecule has 0 fully saturated rings. The van der Waals surface area contributed by atoms with Crippen molar-refractivity contribution in [3.63, 3.8) is 0 Å². The first-order chi connectivity index (χ1) is 18.8. The van der Waals surface area contributed by atoms with Gasteiger partial charge < -0.3 is 24.9 Å². The van der Waals surface area contributed by atoms with Crippen molar-refractivity contribution in [2.45, 2.75) is 57.5 Å². The Labute approximate surface area is 228 Å². The van der Waals surface area contributed by atoms with Gasteiger partial charge in [-0.1, -0.05) is 12.1 Å². The SMILES string of the molecule is C[C@H](Cn1cnc2c(N)ncnc21)OC[P@](=O)(N[C@H](c1ccc(OC(F)(F)F)cc1)C(F)(F)F)NC(C)(C)C(=O)O. The number of nitrogens with one attached hydrogen (secondary N) is 2. The number of nitrogens with zero attached hydrogens (tertiary/aromatic N) is 4. The third-order valence-electron chi connectivity index (χ3n) is 5.53. The predicted molar refractivity (Wildman–Crippen MR) is 133 cm³/mol. The summed E-state index contributed by atoms with van der Waals surface area (Å²) in [7, 11) is -4.56. The van der Waals surface area contributed by atoms with Crippen molar-refractivity contribution < 1.29 is 50.3 Å². The second kappa shape index (κ2) is 11.8. The average molecular weight is 613 g/mol. The van der Waals surface area contributed by atoms with Crippen LogP contribution in [0.3, 0.4) is 0 Å². The molecule has 0 radical (unpaired) electrons. The van der Waals surface area contributed by atoms with E-state index in [1.54, 1.807) is 0 Å². The summed E-state index contributed by atoms with van der Waals surface area (Å²) in [5.41, 5.74) is 3.80. The van der Waals surface area contributed by atoms with Crippen LogP contribution in [0.25, 0.3) is 11.2 Å². The minimum absolute atomic E-state index is 0.0403. The van der Waals surface area contributed by atoms with Crippen molar-refractivity contribution in [3.05, 3.63) is 42.5 Å². The highest BCUT2D eigenvalue weighted by atomic mass is 31.2. The lowest BCUT2D eigenvalue weighted by molar-refractivity contribution is -0.274. The van der Waals surface area contributed by atoms with Crippen molar-refractivity contribution >= 4 is 30.4 Å². The molecule has 2 aromatic heterocycles. The molecule has 0 bridgehead atoms. The van der Waals surface area contributed by atoms with Crippen LogP contribution in [-0.4, -0.2) is 61.1 Å². The van der Waals surface area contributed by atoms with Crippen molar-refractivity contribution in [2.75, 3.05) is 12.1 Å². The fraction of sp³-hybridized carbons (Fsp3) is 0.455. The summed E-state index contributed by atoms with van der Waals surface area (Å²) in [5.74, 6) is -2.18. The van der Waals surface area contributed by atoms with Crippen LogP contribution in [0.2, 0.25) is 0 Å². The van der Waals surface area contributed by atoms with Crippen LogP contribution in [0.5, 0.6) is 5.75 Å². The first-order valence-corrected chi connectivity index (χ1v) is 13.5. The standard InChI is InChI=1S/C22H26F6N7O5P/c1-12(8-35-10-32-15-17(29)30-9-31-18(15)35)39-11-41(38,34-20(2,3)19(36)37)33-16(21(23,24)25)13-4-6-14(7-5-13)40-22(26,27)28/h4-7,9-10,12,16H,8,11H2,1-3H3,(H,36,37)(H2,29,30,31)(H2,33,34,38)/t12-,16-,41+/m1/s1. The van der Waals surface area contributed by atoms with Crippen molar-refractivity contribution in [2.24, 2.45) is 0 Å². The van der Waals surface area contributed by atoms with Crippen LogP contribution in [0, 0.1) is 0 Å². The highest BCUT2D eigenvalue weighted by Gasteiger charge is 2.47. The predicted octanol–water partition coefficient (Wildman–Crippen LogP) is 4.21. The van der Waals surface area contributed by atoms with Gasteiger partial charge >= 0.3 is 18.5 Å². The highest BCUT2D eigenvalue weighted by molar-refractivity contribution is 7.59. The molecule has 0 aliphatic carbocycles. The second-order valence-corrected chi connectivity index (χ2v) is 11.7. The molecule has 19 heteroatoms. The van der Waals surface area contributed by atoms with Crippen LogP contribution in [-0.2, 0) is 20.6 Å². The fourth-order valence-electron chi connectivity index (χ4n) is 3.60. The van der Waals surface area contributed by atoms with E-state index < -0.39 is 61.3 Å². The molecule has 0 unspecified atom stereocenters. The van der Waals surface area contributed by atoms with Gasteiger partial charge in [0.15, 0.2) is 11.5 Å². The van der Waals surface area contributed by atoms with E-state index >= 15 is 0 Å². The number of fused-ring (bicyclic) bond motifs is 1. The van der Waals surface area contributed by atoms with E-state index in [1.165, 1.54) is 24.1 Å². The van der Waals surface area contributed by atoms with E-state index in [0.717, 1.165) is 13.8 Å². The molecule has 5 N–H and O–H groups in total. The largest absolute Gasteiger partial charge is 0.573 e. The minimum atomic E-state index is -5.11. The molecule has 0 saturated heterocycles. The quantitative estimate of drug-likeness (QED) is 0.171. The first-order valence-electron chi connectivity index (χ1n) is 11.6. The number of imidazole rings is 1. The van der Waals surface area contributed by atoms with E-state index in [-0.39, 0.29) is 12.4 Å². The number of carbonyl (C=O) groups is 1. The monoisotopic (exact) mass is 613 g/mol. The molecule has 226 valence electrons. The number of rotatable bonds is 12. The summed E-state index contributed by atoms with van der Waals surface area (Å²) < 4.78 is 104. The highest BCUT2D eigenvalue weighted by Crippen LogP contribution is 2.46. The van der Waals surface area contributed by atoms with Crippen molar-refractivity contribution in [1.82, 2.24) is 29.7 Å². The average Bonchev–Trinajstić information content (AvgIpc) is 3.24. The summed E-state index contributed by atoms with van der Waals surface area (Å²) in [5, 5.41) is 13.7. The number of benzene rings is 1. The molecular formula is C22H26F6N7O5P. The van der Waals surface area contributed by atoms with Gasteiger partial charge in [-0.05, 0) is 38.5 Å². The van der Waals surface area contributed by atoms with E-state index in [9.17, 15) is 40.8 Å². The molecule has 41 heavy (non-hydrogen) atoms. The summed E-state index contributed by atoms with van der Waals surface area (Å²) >= 11 is 0. The number of hydrogen-bond donors (Lipinski definition) is 4. The van der Waals surface area contributed by atoms with Gasteiger partial charge in [0.05, 0.1) is 19.0 Å². The normalized spacial score (nSPS) is 15.8. The zero-order chi connectivity index (χ0) is 30.8. The number of alkyl halides is 6. The Hall–Kier alpha value is -3.47. The van der Waals surface area contributed by atoms with Crippen LogP contribution >= 0.6 is 7.44 Å². The number of nitrogens with two attached hydrogens (primary N) is 1. The molecule has 3 rings (SSSR count). The Morgan fingerprint density at radius 2 is 1.76 bits per heavy atom.